The smallest absolute Gasteiger partial charge is 0.149 e. The molecule has 0 saturated heterocycles. The molecule has 3 heteroatoms. The molecule has 0 spiro atoms. The highest BCUT2D eigenvalue weighted by molar-refractivity contribution is 5.32. The number of ether oxygens (including phenoxy) is 1. The predicted octanol–water partition coefficient (Wildman–Crippen LogP) is 0.214. The summed E-state index contributed by atoms with van der Waals surface area (Å²) in [5, 5.41) is 0. The summed E-state index contributed by atoms with van der Waals surface area (Å²) in [4.78, 5) is 0. The van der Waals surface area contributed by atoms with E-state index in [-0.39, 0.29) is 12.0 Å². The lowest BCUT2D eigenvalue weighted by molar-refractivity contribution is 0.175. The van der Waals surface area contributed by atoms with Crippen molar-refractivity contribution in [3.63, 3.8) is 0 Å². The molecule has 0 radical (unpaired) electrons. The summed E-state index contributed by atoms with van der Waals surface area (Å²) in [6.07, 6.45) is 7.15. The second-order valence-corrected chi connectivity index (χ2v) is 2.74. The topological polar surface area (TPSA) is 61.3 Å². The highest BCUT2D eigenvalue weighted by atomic mass is 16.5. The molecular weight excluding hydrogens is 140 g/mol. The predicted molar refractivity (Wildman–Crippen MR) is 42.0 cm³/mol. The molecule has 2 rings (SSSR count). The second-order valence-electron chi connectivity index (χ2n) is 2.74. The lowest BCUT2D eigenvalue weighted by atomic mass is 9.93. The van der Waals surface area contributed by atoms with Gasteiger partial charge in [-0.1, -0.05) is 0 Å². The van der Waals surface area contributed by atoms with Crippen molar-refractivity contribution >= 4 is 0 Å². The molecule has 0 fully saturated rings. The van der Waals surface area contributed by atoms with E-state index in [0.29, 0.717) is 0 Å². The molecule has 2 aliphatic rings. The Labute approximate surface area is 65.0 Å². The zero-order valence-corrected chi connectivity index (χ0v) is 6.03. The molecule has 11 heavy (non-hydrogen) atoms. The van der Waals surface area contributed by atoms with Crippen LogP contribution < -0.4 is 11.5 Å². The van der Waals surface area contributed by atoms with Gasteiger partial charge in [0.15, 0.2) is 0 Å². The lowest BCUT2D eigenvalue weighted by Crippen LogP contribution is -2.30. The van der Waals surface area contributed by atoms with Crippen molar-refractivity contribution in [3.05, 3.63) is 35.9 Å². The molecule has 3 nitrogen and oxygen atoms in total. The minimum atomic E-state index is -0.0556. The number of allylic oxidation sites excluding steroid dienone is 2. The van der Waals surface area contributed by atoms with Gasteiger partial charge in [-0.05, 0) is 18.2 Å². The fourth-order valence-corrected chi connectivity index (χ4v) is 1.37. The molecule has 2 atom stereocenters. The molecule has 1 aliphatic heterocycles. The third kappa shape index (κ3) is 0.808. The van der Waals surface area contributed by atoms with Gasteiger partial charge in [-0.25, -0.2) is 0 Å². The van der Waals surface area contributed by atoms with Crippen molar-refractivity contribution in [2.45, 2.75) is 6.10 Å². The van der Waals surface area contributed by atoms with Gasteiger partial charge in [-0.15, -0.1) is 0 Å². The first kappa shape index (κ1) is 6.34. The minimum absolute atomic E-state index is 0.0556. The Hall–Kier alpha value is -1.38. The number of rotatable bonds is 0. The van der Waals surface area contributed by atoms with Gasteiger partial charge >= 0.3 is 0 Å². The summed E-state index contributed by atoms with van der Waals surface area (Å²) >= 11 is 0. The number of hydrogen-bond donors (Lipinski definition) is 2. The van der Waals surface area contributed by atoms with Gasteiger partial charge in [0.2, 0.25) is 0 Å². The average molecular weight is 150 g/mol. The van der Waals surface area contributed by atoms with Crippen molar-refractivity contribution in [1.82, 2.24) is 0 Å². The van der Waals surface area contributed by atoms with Crippen LogP contribution >= 0.6 is 0 Å². The van der Waals surface area contributed by atoms with E-state index >= 15 is 0 Å². The molecule has 0 amide bonds. The third-order valence-corrected chi connectivity index (χ3v) is 2.02. The molecule has 0 aromatic carbocycles. The van der Waals surface area contributed by atoms with E-state index < -0.39 is 0 Å². The molecule has 2 unspecified atom stereocenters. The van der Waals surface area contributed by atoms with Crippen molar-refractivity contribution in [3.8, 4) is 0 Å². The Balaban J connectivity index is 2.35. The van der Waals surface area contributed by atoms with Crippen LogP contribution in [0.25, 0.3) is 0 Å². The first-order chi connectivity index (χ1) is 5.29. The van der Waals surface area contributed by atoms with Crippen LogP contribution in [0.4, 0.5) is 0 Å². The van der Waals surface area contributed by atoms with Gasteiger partial charge in [0, 0.05) is 5.70 Å². The Morgan fingerprint density at radius 3 is 2.64 bits per heavy atom. The Morgan fingerprint density at radius 2 is 1.91 bits per heavy atom. The number of fused-ring (bicyclic) bond motifs is 1. The third-order valence-electron chi connectivity index (χ3n) is 2.02. The standard InChI is InChI=1S/C8H10N2O/c9-6-1-2-7(10)8-5(6)3-4-11-8/h1-5,8H,9-10H2. The van der Waals surface area contributed by atoms with E-state index in [2.05, 4.69) is 0 Å². The summed E-state index contributed by atoms with van der Waals surface area (Å²) in [7, 11) is 0. The van der Waals surface area contributed by atoms with Crippen molar-refractivity contribution in [2.24, 2.45) is 17.4 Å². The van der Waals surface area contributed by atoms with E-state index in [1.165, 1.54) is 0 Å². The minimum Gasteiger partial charge on any atom is -0.491 e. The maximum absolute atomic E-state index is 5.71. The van der Waals surface area contributed by atoms with E-state index in [9.17, 15) is 0 Å². The SMILES string of the molecule is NC1=CC=C(N)C2OC=CC12. The van der Waals surface area contributed by atoms with E-state index in [0.717, 1.165) is 11.4 Å². The Bertz CT molecular complexity index is 265. The molecule has 4 N–H and O–H groups in total. The van der Waals surface area contributed by atoms with Gasteiger partial charge in [-0.2, -0.15) is 0 Å². The van der Waals surface area contributed by atoms with Crippen LogP contribution in [0.5, 0.6) is 0 Å². The summed E-state index contributed by atoms with van der Waals surface area (Å²) in [6.45, 7) is 0. The molecule has 0 aromatic rings. The van der Waals surface area contributed by atoms with Crippen LogP contribution in [0, 0.1) is 5.92 Å². The van der Waals surface area contributed by atoms with Crippen LogP contribution in [-0.2, 0) is 4.74 Å². The molecule has 0 bridgehead atoms. The fraction of sp³-hybridized carbons (Fsp3) is 0.250. The summed E-state index contributed by atoms with van der Waals surface area (Å²) < 4.78 is 5.24. The Morgan fingerprint density at radius 1 is 1.18 bits per heavy atom. The van der Waals surface area contributed by atoms with Gasteiger partial charge in [0.1, 0.15) is 6.10 Å². The van der Waals surface area contributed by atoms with Crippen molar-refractivity contribution in [2.75, 3.05) is 0 Å². The van der Waals surface area contributed by atoms with E-state index in [4.69, 9.17) is 16.2 Å². The highest BCUT2D eigenvalue weighted by Gasteiger charge is 2.30. The monoisotopic (exact) mass is 150 g/mol. The molecular formula is C8H10N2O. The van der Waals surface area contributed by atoms with Crippen LogP contribution in [0.2, 0.25) is 0 Å². The van der Waals surface area contributed by atoms with E-state index in [1.54, 1.807) is 12.3 Å². The first-order valence-electron chi connectivity index (χ1n) is 3.54. The van der Waals surface area contributed by atoms with Crippen molar-refractivity contribution < 1.29 is 4.74 Å². The maximum atomic E-state index is 5.71. The summed E-state index contributed by atoms with van der Waals surface area (Å²) in [5.41, 5.74) is 13.0. The quantitative estimate of drug-likeness (QED) is 0.519. The molecule has 58 valence electrons. The average Bonchev–Trinajstić information content (AvgIpc) is 2.45. The van der Waals surface area contributed by atoms with Gasteiger partial charge in [-0.3, -0.25) is 0 Å². The van der Waals surface area contributed by atoms with Gasteiger partial charge < -0.3 is 16.2 Å². The number of nitrogens with two attached hydrogens (primary N) is 2. The van der Waals surface area contributed by atoms with Gasteiger partial charge in [0.05, 0.1) is 17.9 Å². The zero-order valence-electron chi connectivity index (χ0n) is 6.03. The molecule has 0 saturated carbocycles. The molecule has 1 heterocycles. The highest BCUT2D eigenvalue weighted by Crippen LogP contribution is 2.28. The molecule has 0 aromatic heterocycles. The largest absolute Gasteiger partial charge is 0.491 e. The lowest BCUT2D eigenvalue weighted by Gasteiger charge is -2.22. The fourth-order valence-electron chi connectivity index (χ4n) is 1.37. The summed E-state index contributed by atoms with van der Waals surface area (Å²) in [6, 6.07) is 0. The van der Waals surface area contributed by atoms with Crippen LogP contribution in [-0.4, -0.2) is 6.10 Å². The van der Waals surface area contributed by atoms with Gasteiger partial charge in [0.25, 0.3) is 0 Å². The maximum Gasteiger partial charge on any atom is 0.149 e. The van der Waals surface area contributed by atoms with E-state index in [1.807, 2.05) is 12.2 Å². The zero-order chi connectivity index (χ0) is 7.84. The van der Waals surface area contributed by atoms with Crippen LogP contribution in [0.15, 0.2) is 35.9 Å². The van der Waals surface area contributed by atoms with Crippen molar-refractivity contribution in [1.29, 1.82) is 0 Å². The van der Waals surface area contributed by atoms with Crippen LogP contribution in [0.1, 0.15) is 0 Å². The first-order valence-corrected chi connectivity index (χ1v) is 3.54. The molecule has 1 aliphatic carbocycles. The number of hydrogen-bond acceptors (Lipinski definition) is 3. The van der Waals surface area contributed by atoms with Crippen LogP contribution in [0.3, 0.4) is 0 Å². The Kier molecular flexibility index (Phi) is 1.18. The summed E-state index contributed by atoms with van der Waals surface area (Å²) in [5.74, 6) is 0.153. The second kappa shape index (κ2) is 2.05. The normalized spacial score (nSPS) is 33.8.